The molecule has 6 heteroatoms. The highest BCUT2D eigenvalue weighted by Gasteiger charge is 2.13. The van der Waals surface area contributed by atoms with Crippen molar-refractivity contribution in [2.75, 3.05) is 13.1 Å². The second-order valence-electron chi connectivity index (χ2n) is 5.48. The lowest BCUT2D eigenvalue weighted by Gasteiger charge is -2.23. The number of hydrogen-bond acceptors (Lipinski definition) is 2. The fraction of sp³-hybridized carbons (Fsp3) is 0.500. The summed E-state index contributed by atoms with van der Waals surface area (Å²) in [6, 6.07) is 7.40. The van der Waals surface area contributed by atoms with Gasteiger partial charge in [-0.15, -0.1) is 0 Å². The largest absolute Gasteiger partial charge is 0.370 e. The first-order valence-electron chi connectivity index (χ1n) is 7.76. The van der Waals surface area contributed by atoms with E-state index in [1.807, 2.05) is 0 Å². The van der Waals surface area contributed by atoms with E-state index in [1.54, 1.807) is 24.3 Å². The topological polar surface area (TPSA) is 79.5 Å². The highest BCUT2D eigenvalue weighted by Crippen LogP contribution is 2.17. The fourth-order valence-corrected chi connectivity index (χ4v) is 2.81. The quantitative estimate of drug-likeness (QED) is 0.442. The number of nitrogens with two attached hydrogens (primary N) is 1. The van der Waals surface area contributed by atoms with Crippen LogP contribution in [-0.4, -0.2) is 31.0 Å². The SMILES string of the molecule is NC(=NCCNC(=O)c1ccccc1Cl)NC1CCCCC1. The molecule has 1 aromatic carbocycles. The Hall–Kier alpha value is -1.75. The molecule has 0 bridgehead atoms. The minimum absolute atomic E-state index is 0.195. The molecular formula is C16H23ClN4O. The zero-order valence-electron chi connectivity index (χ0n) is 12.6. The van der Waals surface area contributed by atoms with E-state index < -0.39 is 0 Å². The first-order chi connectivity index (χ1) is 10.7. The molecule has 0 spiro atoms. The number of guanidine groups is 1. The Kier molecular flexibility index (Phi) is 6.52. The van der Waals surface area contributed by atoms with Crippen LogP contribution in [0.4, 0.5) is 0 Å². The van der Waals surface area contributed by atoms with Gasteiger partial charge >= 0.3 is 0 Å². The van der Waals surface area contributed by atoms with E-state index in [1.165, 1.54) is 19.3 Å². The standard InChI is InChI=1S/C16H23ClN4O/c17-14-9-5-4-8-13(14)15(22)19-10-11-20-16(18)21-12-6-2-1-3-7-12/h4-5,8-9,12H,1-3,6-7,10-11H2,(H,19,22)(H3,18,20,21). The Bertz CT molecular complexity index is 527. The molecule has 1 amide bonds. The average Bonchev–Trinajstić information content (AvgIpc) is 2.53. The minimum Gasteiger partial charge on any atom is -0.370 e. The van der Waals surface area contributed by atoms with Crippen LogP contribution in [0.2, 0.25) is 5.02 Å². The summed E-state index contributed by atoms with van der Waals surface area (Å²) in [4.78, 5) is 16.2. The number of carbonyl (C=O) groups excluding carboxylic acids is 1. The number of amides is 1. The first kappa shape index (κ1) is 16.6. The van der Waals surface area contributed by atoms with Gasteiger partial charge in [0.15, 0.2) is 5.96 Å². The van der Waals surface area contributed by atoms with Crippen molar-refractivity contribution in [1.82, 2.24) is 10.6 Å². The van der Waals surface area contributed by atoms with E-state index in [2.05, 4.69) is 15.6 Å². The van der Waals surface area contributed by atoms with Crippen LogP contribution >= 0.6 is 11.6 Å². The van der Waals surface area contributed by atoms with Crippen LogP contribution in [0, 0.1) is 0 Å². The summed E-state index contributed by atoms with van der Waals surface area (Å²) in [6.07, 6.45) is 6.11. The van der Waals surface area contributed by atoms with Gasteiger partial charge in [-0.1, -0.05) is 43.0 Å². The normalized spacial score (nSPS) is 16.3. The molecule has 22 heavy (non-hydrogen) atoms. The predicted molar refractivity (Wildman–Crippen MR) is 90.3 cm³/mol. The molecule has 120 valence electrons. The molecule has 1 aromatic rings. The van der Waals surface area contributed by atoms with E-state index in [4.69, 9.17) is 17.3 Å². The van der Waals surface area contributed by atoms with Crippen LogP contribution in [0.15, 0.2) is 29.3 Å². The zero-order chi connectivity index (χ0) is 15.8. The van der Waals surface area contributed by atoms with Crippen LogP contribution in [0.3, 0.4) is 0 Å². The summed E-state index contributed by atoms with van der Waals surface area (Å²) < 4.78 is 0. The maximum Gasteiger partial charge on any atom is 0.252 e. The highest BCUT2D eigenvalue weighted by atomic mass is 35.5. The summed E-state index contributed by atoms with van der Waals surface area (Å²) in [5, 5.41) is 6.47. The molecule has 1 saturated carbocycles. The monoisotopic (exact) mass is 322 g/mol. The molecule has 0 aliphatic heterocycles. The lowest BCUT2D eigenvalue weighted by atomic mass is 9.96. The van der Waals surface area contributed by atoms with Gasteiger partial charge in [-0.3, -0.25) is 9.79 Å². The van der Waals surface area contributed by atoms with Crippen molar-refractivity contribution in [3.05, 3.63) is 34.9 Å². The van der Waals surface area contributed by atoms with Crippen molar-refractivity contribution < 1.29 is 4.79 Å². The van der Waals surface area contributed by atoms with Gasteiger partial charge in [0.05, 0.1) is 17.1 Å². The van der Waals surface area contributed by atoms with Crippen LogP contribution in [0.1, 0.15) is 42.5 Å². The van der Waals surface area contributed by atoms with E-state index in [0.717, 1.165) is 12.8 Å². The highest BCUT2D eigenvalue weighted by molar-refractivity contribution is 6.33. The van der Waals surface area contributed by atoms with Crippen molar-refractivity contribution in [3.8, 4) is 0 Å². The van der Waals surface area contributed by atoms with E-state index in [-0.39, 0.29) is 5.91 Å². The summed E-state index contributed by atoms with van der Waals surface area (Å²) in [5.41, 5.74) is 6.34. The third-order valence-corrected chi connectivity index (χ3v) is 4.08. The summed E-state index contributed by atoms with van der Waals surface area (Å²) in [5.74, 6) is 0.263. The molecule has 2 rings (SSSR count). The van der Waals surface area contributed by atoms with Gasteiger partial charge in [0.25, 0.3) is 5.91 Å². The summed E-state index contributed by atoms with van der Waals surface area (Å²) in [6.45, 7) is 0.874. The molecule has 0 aromatic heterocycles. The Labute approximate surface area is 136 Å². The number of carbonyl (C=O) groups is 1. The summed E-state index contributed by atoms with van der Waals surface area (Å²) >= 11 is 5.97. The molecule has 1 fully saturated rings. The number of halogens is 1. The predicted octanol–water partition coefficient (Wildman–Crippen LogP) is 2.31. The Morgan fingerprint density at radius 1 is 1.27 bits per heavy atom. The summed E-state index contributed by atoms with van der Waals surface area (Å²) in [7, 11) is 0. The van der Waals surface area contributed by atoms with Crippen molar-refractivity contribution in [3.63, 3.8) is 0 Å². The van der Waals surface area contributed by atoms with Gasteiger partial charge in [-0.05, 0) is 25.0 Å². The van der Waals surface area contributed by atoms with Gasteiger partial charge in [0.2, 0.25) is 0 Å². The Morgan fingerprint density at radius 2 is 2.00 bits per heavy atom. The van der Waals surface area contributed by atoms with Gasteiger partial charge < -0.3 is 16.4 Å². The van der Waals surface area contributed by atoms with E-state index in [9.17, 15) is 4.79 Å². The molecule has 0 radical (unpaired) electrons. The minimum atomic E-state index is -0.195. The van der Waals surface area contributed by atoms with Gasteiger partial charge in [0.1, 0.15) is 0 Å². The smallest absolute Gasteiger partial charge is 0.252 e. The van der Waals surface area contributed by atoms with Crippen LogP contribution in [-0.2, 0) is 0 Å². The maximum absolute atomic E-state index is 11.9. The molecule has 4 N–H and O–H groups in total. The molecule has 1 aliphatic rings. The lowest BCUT2D eigenvalue weighted by molar-refractivity contribution is 0.0955. The molecule has 0 heterocycles. The van der Waals surface area contributed by atoms with E-state index >= 15 is 0 Å². The van der Waals surface area contributed by atoms with Gasteiger partial charge in [0, 0.05) is 12.6 Å². The van der Waals surface area contributed by atoms with Crippen molar-refractivity contribution >= 4 is 23.5 Å². The third kappa shape index (κ3) is 5.22. The number of hydrogen-bond donors (Lipinski definition) is 3. The maximum atomic E-state index is 11.9. The zero-order valence-corrected chi connectivity index (χ0v) is 13.4. The Balaban J connectivity index is 1.70. The van der Waals surface area contributed by atoms with Crippen molar-refractivity contribution in [1.29, 1.82) is 0 Å². The second-order valence-corrected chi connectivity index (χ2v) is 5.89. The van der Waals surface area contributed by atoms with Crippen LogP contribution in [0.5, 0.6) is 0 Å². The van der Waals surface area contributed by atoms with Crippen molar-refractivity contribution in [2.45, 2.75) is 38.1 Å². The number of benzene rings is 1. The van der Waals surface area contributed by atoms with E-state index in [0.29, 0.717) is 35.7 Å². The van der Waals surface area contributed by atoms with Crippen LogP contribution in [0.25, 0.3) is 0 Å². The number of nitrogens with one attached hydrogen (secondary N) is 2. The first-order valence-corrected chi connectivity index (χ1v) is 8.14. The molecular weight excluding hydrogens is 300 g/mol. The average molecular weight is 323 g/mol. The van der Waals surface area contributed by atoms with Gasteiger partial charge in [-0.25, -0.2) is 0 Å². The molecule has 0 saturated heterocycles. The molecule has 0 atom stereocenters. The second kappa shape index (κ2) is 8.63. The van der Waals surface area contributed by atoms with Gasteiger partial charge in [-0.2, -0.15) is 0 Å². The fourth-order valence-electron chi connectivity index (χ4n) is 2.59. The Morgan fingerprint density at radius 3 is 2.73 bits per heavy atom. The lowest BCUT2D eigenvalue weighted by Crippen LogP contribution is -2.41. The number of nitrogens with zero attached hydrogens (tertiary/aromatic N) is 1. The number of aliphatic imine (C=N–C) groups is 1. The third-order valence-electron chi connectivity index (χ3n) is 3.76. The van der Waals surface area contributed by atoms with Crippen LogP contribution < -0.4 is 16.4 Å². The molecule has 5 nitrogen and oxygen atoms in total. The molecule has 1 aliphatic carbocycles. The van der Waals surface area contributed by atoms with Crippen molar-refractivity contribution in [2.24, 2.45) is 10.7 Å². The number of rotatable bonds is 5. The molecule has 0 unspecified atom stereocenters.